The summed E-state index contributed by atoms with van der Waals surface area (Å²) in [6.07, 6.45) is 2.97. The van der Waals surface area contributed by atoms with Gasteiger partial charge in [0, 0.05) is 62.0 Å². The molecular weight excluding hydrogens is 492 g/mol. The Bertz CT molecular complexity index is 1350. The van der Waals surface area contributed by atoms with E-state index in [0.29, 0.717) is 38.7 Å². The number of ether oxygens (including phenoxy) is 1. The number of piperazine rings is 1. The van der Waals surface area contributed by atoms with Gasteiger partial charge in [-0.2, -0.15) is 9.97 Å². The number of anilines is 2. The molecule has 206 valence electrons. The topological polar surface area (TPSA) is 85.3 Å². The lowest BCUT2D eigenvalue weighted by Gasteiger charge is -2.38. The van der Waals surface area contributed by atoms with Gasteiger partial charge < -0.3 is 29.4 Å². The summed E-state index contributed by atoms with van der Waals surface area (Å²) in [4.78, 5) is 30.5. The van der Waals surface area contributed by atoms with Gasteiger partial charge in [0.25, 0.3) is 0 Å². The fourth-order valence-corrected chi connectivity index (χ4v) is 5.52. The normalized spacial score (nSPS) is 16.4. The van der Waals surface area contributed by atoms with E-state index in [2.05, 4.69) is 34.3 Å². The van der Waals surface area contributed by atoms with E-state index in [1.54, 1.807) is 6.07 Å². The molecule has 39 heavy (non-hydrogen) atoms. The van der Waals surface area contributed by atoms with Crippen molar-refractivity contribution in [2.75, 3.05) is 63.2 Å². The third-order valence-corrected chi connectivity index (χ3v) is 7.55. The Morgan fingerprint density at radius 2 is 1.90 bits per heavy atom. The number of phenolic OH excluding ortho intramolecular Hbond substituents is 1. The Balaban J connectivity index is 1.49. The molecule has 1 amide bonds. The highest BCUT2D eigenvalue weighted by molar-refractivity contribution is 5.95. The second kappa shape index (κ2) is 11.5. The maximum Gasteiger partial charge on any atom is 0.318 e. The Morgan fingerprint density at radius 3 is 2.62 bits per heavy atom. The van der Waals surface area contributed by atoms with Gasteiger partial charge in [0.05, 0.1) is 12.2 Å². The number of fused-ring (bicyclic) bond motifs is 2. The van der Waals surface area contributed by atoms with Gasteiger partial charge in [-0.05, 0) is 44.5 Å². The van der Waals surface area contributed by atoms with Crippen LogP contribution in [0.3, 0.4) is 0 Å². The van der Waals surface area contributed by atoms with Crippen LogP contribution in [0, 0.1) is 0 Å². The molecule has 9 heteroatoms. The maximum atomic E-state index is 12.1. The smallest absolute Gasteiger partial charge is 0.318 e. The van der Waals surface area contributed by atoms with Gasteiger partial charge in [0.15, 0.2) is 0 Å². The van der Waals surface area contributed by atoms with Gasteiger partial charge in [0.2, 0.25) is 5.91 Å². The van der Waals surface area contributed by atoms with Crippen LogP contribution in [0.1, 0.15) is 24.6 Å². The van der Waals surface area contributed by atoms with Crippen molar-refractivity contribution in [1.29, 1.82) is 0 Å². The number of likely N-dealkylation sites (N-methyl/N-ethyl adjacent to an activating group) is 1. The lowest BCUT2D eigenvalue weighted by molar-refractivity contribution is -0.126. The third-order valence-electron chi connectivity index (χ3n) is 7.55. The summed E-state index contributed by atoms with van der Waals surface area (Å²) in [5.41, 5.74) is 3.07. The molecule has 3 heterocycles. The molecule has 1 fully saturated rings. The Labute approximate surface area is 230 Å². The molecule has 3 aromatic rings. The first-order valence-corrected chi connectivity index (χ1v) is 13.7. The molecule has 1 N–H and O–H groups in total. The summed E-state index contributed by atoms with van der Waals surface area (Å²) in [7, 11) is 4.07. The van der Waals surface area contributed by atoms with Gasteiger partial charge in [0.1, 0.15) is 17.7 Å². The first-order valence-electron chi connectivity index (χ1n) is 13.7. The molecule has 0 aliphatic carbocycles. The molecule has 1 atom stereocenters. The van der Waals surface area contributed by atoms with E-state index in [-0.39, 0.29) is 17.8 Å². The quantitative estimate of drug-likeness (QED) is 0.444. The van der Waals surface area contributed by atoms with Crippen molar-refractivity contribution in [3.8, 4) is 11.8 Å². The molecule has 5 rings (SSSR count). The van der Waals surface area contributed by atoms with Gasteiger partial charge in [-0.3, -0.25) is 4.79 Å². The van der Waals surface area contributed by atoms with Crippen LogP contribution in [0.4, 0.5) is 11.5 Å². The van der Waals surface area contributed by atoms with Crippen LogP contribution >= 0.6 is 0 Å². The Morgan fingerprint density at radius 1 is 1.13 bits per heavy atom. The highest BCUT2D eigenvalue weighted by Gasteiger charge is 2.29. The minimum Gasteiger partial charge on any atom is -0.508 e. The van der Waals surface area contributed by atoms with Crippen LogP contribution < -0.4 is 14.5 Å². The number of phenols is 1. The Kier molecular flexibility index (Phi) is 7.88. The zero-order chi connectivity index (χ0) is 27.5. The van der Waals surface area contributed by atoms with Gasteiger partial charge in [-0.1, -0.05) is 37.8 Å². The van der Waals surface area contributed by atoms with Crippen LogP contribution in [0.5, 0.6) is 11.8 Å². The highest BCUT2D eigenvalue weighted by atomic mass is 16.5. The first-order chi connectivity index (χ1) is 18.9. The number of aromatic nitrogens is 2. The summed E-state index contributed by atoms with van der Waals surface area (Å²) in [6, 6.07) is 12.2. The molecular formula is C30H38N6O3. The first kappa shape index (κ1) is 26.7. The predicted octanol–water partition coefficient (Wildman–Crippen LogP) is 3.45. The largest absolute Gasteiger partial charge is 0.508 e. The van der Waals surface area contributed by atoms with E-state index in [1.807, 2.05) is 43.3 Å². The zero-order valence-corrected chi connectivity index (χ0v) is 23.1. The lowest BCUT2D eigenvalue weighted by Crippen LogP contribution is -2.49. The molecule has 0 spiro atoms. The summed E-state index contributed by atoms with van der Waals surface area (Å²) in [5.74, 6) is 1.12. The van der Waals surface area contributed by atoms with Gasteiger partial charge >= 0.3 is 6.01 Å². The van der Waals surface area contributed by atoms with Crippen LogP contribution in [-0.2, 0) is 17.8 Å². The van der Waals surface area contributed by atoms with Crippen LogP contribution in [0.15, 0.2) is 49.1 Å². The number of benzene rings is 2. The molecule has 9 nitrogen and oxygen atoms in total. The van der Waals surface area contributed by atoms with E-state index in [0.717, 1.165) is 59.5 Å². The number of carbonyl (C=O) groups is 1. The Hall–Kier alpha value is -3.85. The second-order valence-corrected chi connectivity index (χ2v) is 10.5. The lowest BCUT2D eigenvalue weighted by atomic mass is 10.0. The van der Waals surface area contributed by atoms with E-state index in [9.17, 15) is 9.90 Å². The molecule has 1 aromatic heterocycles. The molecule has 1 saturated heterocycles. The zero-order valence-electron chi connectivity index (χ0n) is 23.1. The summed E-state index contributed by atoms with van der Waals surface area (Å²) in [6.45, 7) is 10.5. The monoisotopic (exact) mass is 530 g/mol. The highest BCUT2D eigenvalue weighted by Crippen LogP contribution is 2.36. The molecule has 0 bridgehead atoms. The molecule has 2 aromatic carbocycles. The molecule has 1 unspecified atom stereocenters. The molecule has 0 saturated carbocycles. The average Bonchev–Trinajstić information content (AvgIpc) is 2.95. The number of aromatic hydroxyl groups is 1. The van der Waals surface area contributed by atoms with Crippen LogP contribution in [0.2, 0.25) is 0 Å². The number of hydrogen-bond acceptors (Lipinski definition) is 8. The van der Waals surface area contributed by atoms with Crippen molar-refractivity contribution in [2.45, 2.75) is 32.4 Å². The van der Waals surface area contributed by atoms with Crippen LogP contribution in [-0.4, -0.2) is 90.2 Å². The fourth-order valence-electron chi connectivity index (χ4n) is 5.52. The van der Waals surface area contributed by atoms with Gasteiger partial charge in [-0.25, -0.2) is 0 Å². The minimum absolute atomic E-state index is 0.0253. The number of hydrogen-bond donors (Lipinski definition) is 1. The summed E-state index contributed by atoms with van der Waals surface area (Å²) >= 11 is 0. The summed E-state index contributed by atoms with van der Waals surface area (Å²) in [5, 5.41) is 12.6. The van der Waals surface area contributed by atoms with E-state index in [1.165, 1.54) is 6.08 Å². The fraction of sp³-hybridized carbons (Fsp3) is 0.433. The van der Waals surface area contributed by atoms with Crippen molar-refractivity contribution in [3.05, 3.63) is 60.3 Å². The maximum absolute atomic E-state index is 12.1. The number of rotatable bonds is 8. The van der Waals surface area contributed by atoms with Crippen molar-refractivity contribution in [1.82, 2.24) is 19.8 Å². The average molecular weight is 531 g/mol. The number of nitrogens with zero attached hydrogens (tertiary/aromatic N) is 6. The minimum atomic E-state index is -0.0353. The number of carbonyl (C=O) groups excluding carboxylic acids is 1. The second-order valence-electron chi connectivity index (χ2n) is 10.5. The van der Waals surface area contributed by atoms with E-state index >= 15 is 0 Å². The van der Waals surface area contributed by atoms with Crippen molar-refractivity contribution < 1.29 is 14.6 Å². The SMILES string of the molecule is C=CC(=O)N1CCN(c2nc(OC(CC)CN(C)C)nc3c2CCN(c2cc(O)cc4ccccc24)C3)CC1. The summed E-state index contributed by atoms with van der Waals surface area (Å²) < 4.78 is 6.35. The third kappa shape index (κ3) is 5.78. The van der Waals surface area contributed by atoms with Crippen molar-refractivity contribution in [2.24, 2.45) is 0 Å². The predicted molar refractivity (Wildman–Crippen MR) is 155 cm³/mol. The standard InChI is InChI=1S/C30H38N6O3/c1-5-23(19-33(3)4)39-30-31-26-20-36(27-18-22(37)17-21-9-7-8-10-24(21)27)12-11-25(26)29(32-30)35-15-13-34(14-16-35)28(38)6-2/h6-10,17-18,23,37H,2,5,11-16,19-20H2,1,3-4H3. The van der Waals surface area contributed by atoms with E-state index < -0.39 is 0 Å². The van der Waals surface area contributed by atoms with Crippen LogP contribution in [0.25, 0.3) is 10.8 Å². The molecule has 2 aliphatic heterocycles. The molecule has 2 aliphatic rings. The van der Waals surface area contributed by atoms with Crippen molar-refractivity contribution >= 4 is 28.2 Å². The molecule has 0 radical (unpaired) electrons. The number of amides is 1. The van der Waals surface area contributed by atoms with Gasteiger partial charge in [-0.15, -0.1) is 0 Å². The van der Waals surface area contributed by atoms with Crippen molar-refractivity contribution in [3.63, 3.8) is 0 Å². The van der Waals surface area contributed by atoms with E-state index in [4.69, 9.17) is 14.7 Å².